The minimum Gasteiger partial charge on any atom is -0.379 e. The Kier molecular flexibility index (Phi) is 14.8. The third kappa shape index (κ3) is 13.5. The second-order valence-corrected chi connectivity index (χ2v) is 7.42. The Labute approximate surface area is 182 Å². The van der Waals surface area contributed by atoms with E-state index in [0.29, 0.717) is 26.4 Å². The summed E-state index contributed by atoms with van der Waals surface area (Å²) in [5, 5.41) is 0. The van der Waals surface area contributed by atoms with Crippen molar-refractivity contribution in [3.63, 3.8) is 0 Å². The molecule has 0 radical (unpaired) electrons. The topological polar surface area (TPSA) is 36.9 Å². The maximum Gasteiger partial charge on any atom is 0.0716 e. The number of unbranched alkanes of at least 4 members (excludes halogenated alkanes) is 4. The van der Waals surface area contributed by atoms with E-state index in [1.165, 1.54) is 11.1 Å². The van der Waals surface area contributed by atoms with E-state index in [-0.39, 0.29) is 0 Å². The second-order valence-electron chi connectivity index (χ2n) is 7.42. The summed E-state index contributed by atoms with van der Waals surface area (Å²) in [4.78, 5) is 0. The molecule has 0 bridgehead atoms. The molecule has 0 aliphatic rings. The molecule has 0 amide bonds. The first-order valence-electron chi connectivity index (χ1n) is 11.3. The Morgan fingerprint density at radius 1 is 0.367 bits per heavy atom. The van der Waals surface area contributed by atoms with Crippen LogP contribution in [0.15, 0.2) is 60.7 Å². The molecular formula is C26H38O4. The third-order valence-corrected chi connectivity index (χ3v) is 4.75. The van der Waals surface area contributed by atoms with Crippen LogP contribution in [0.3, 0.4) is 0 Å². The van der Waals surface area contributed by atoms with E-state index < -0.39 is 0 Å². The molecule has 30 heavy (non-hydrogen) atoms. The highest BCUT2D eigenvalue weighted by Crippen LogP contribution is 2.04. The van der Waals surface area contributed by atoms with Gasteiger partial charge in [-0.2, -0.15) is 0 Å². The molecular weight excluding hydrogens is 376 g/mol. The van der Waals surface area contributed by atoms with Crippen LogP contribution in [0.4, 0.5) is 0 Å². The second kappa shape index (κ2) is 18.1. The molecule has 0 heterocycles. The fourth-order valence-corrected chi connectivity index (χ4v) is 3.02. The third-order valence-electron chi connectivity index (χ3n) is 4.75. The van der Waals surface area contributed by atoms with Gasteiger partial charge in [0.05, 0.1) is 26.4 Å². The van der Waals surface area contributed by atoms with Crippen LogP contribution >= 0.6 is 0 Å². The summed E-state index contributed by atoms with van der Waals surface area (Å²) in [6, 6.07) is 20.6. The van der Waals surface area contributed by atoms with Crippen LogP contribution in [-0.2, 0) is 32.2 Å². The van der Waals surface area contributed by atoms with Gasteiger partial charge < -0.3 is 18.9 Å². The van der Waals surface area contributed by atoms with Gasteiger partial charge >= 0.3 is 0 Å². The Morgan fingerprint density at radius 3 is 1.13 bits per heavy atom. The van der Waals surface area contributed by atoms with E-state index in [0.717, 1.165) is 65.0 Å². The van der Waals surface area contributed by atoms with Crippen molar-refractivity contribution in [1.29, 1.82) is 0 Å². The first kappa shape index (κ1) is 24.5. The Morgan fingerprint density at radius 2 is 0.733 bits per heavy atom. The van der Waals surface area contributed by atoms with Gasteiger partial charge in [0.15, 0.2) is 0 Å². The molecule has 0 spiro atoms. The van der Waals surface area contributed by atoms with E-state index in [1.807, 2.05) is 36.4 Å². The summed E-state index contributed by atoms with van der Waals surface area (Å²) in [5.74, 6) is 0. The van der Waals surface area contributed by atoms with Crippen LogP contribution in [-0.4, -0.2) is 39.6 Å². The quantitative estimate of drug-likeness (QED) is 0.273. The van der Waals surface area contributed by atoms with Gasteiger partial charge in [-0.1, -0.05) is 60.7 Å². The molecule has 0 N–H and O–H groups in total. The van der Waals surface area contributed by atoms with Crippen molar-refractivity contribution < 1.29 is 18.9 Å². The zero-order chi connectivity index (χ0) is 21.0. The van der Waals surface area contributed by atoms with Crippen LogP contribution in [0.1, 0.15) is 49.7 Å². The Hall–Kier alpha value is -1.72. The smallest absolute Gasteiger partial charge is 0.0716 e. The van der Waals surface area contributed by atoms with Crippen LogP contribution in [0.25, 0.3) is 0 Å². The van der Waals surface area contributed by atoms with Crippen molar-refractivity contribution in [2.75, 3.05) is 39.6 Å². The molecule has 2 aromatic carbocycles. The molecule has 0 aliphatic carbocycles. The molecule has 0 saturated carbocycles. The van der Waals surface area contributed by atoms with Crippen molar-refractivity contribution in [1.82, 2.24) is 0 Å². The molecule has 4 nitrogen and oxygen atoms in total. The lowest BCUT2D eigenvalue weighted by atomic mass is 10.2. The summed E-state index contributed by atoms with van der Waals surface area (Å²) in [5.41, 5.74) is 2.47. The predicted octanol–water partition coefficient (Wildman–Crippen LogP) is 5.79. The number of ether oxygens (including phenoxy) is 4. The lowest BCUT2D eigenvalue weighted by molar-refractivity contribution is 0.0429. The first-order chi connectivity index (χ1) is 14.9. The van der Waals surface area contributed by atoms with Gasteiger partial charge in [-0.15, -0.1) is 0 Å². The fraction of sp³-hybridized carbons (Fsp3) is 0.538. The van der Waals surface area contributed by atoms with Crippen LogP contribution in [0.2, 0.25) is 0 Å². The average Bonchev–Trinajstić information content (AvgIpc) is 2.79. The lowest BCUT2D eigenvalue weighted by Gasteiger charge is -2.07. The molecule has 4 heteroatoms. The first-order valence-corrected chi connectivity index (χ1v) is 11.3. The molecule has 0 atom stereocenters. The van der Waals surface area contributed by atoms with Gasteiger partial charge in [-0.25, -0.2) is 0 Å². The normalized spacial score (nSPS) is 11.1. The van der Waals surface area contributed by atoms with Gasteiger partial charge in [0.1, 0.15) is 0 Å². The minimum atomic E-state index is 0.685. The lowest BCUT2D eigenvalue weighted by Crippen LogP contribution is -2.06. The van der Waals surface area contributed by atoms with Gasteiger partial charge in [-0.05, 0) is 49.7 Å². The molecule has 2 rings (SSSR count). The van der Waals surface area contributed by atoms with Gasteiger partial charge in [0.2, 0.25) is 0 Å². The van der Waals surface area contributed by atoms with E-state index in [4.69, 9.17) is 18.9 Å². The predicted molar refractivity (Wildman–Crippen MR) is 122 cm³/mol. The van der Waals surface area contributed by atoms with Crippen LogP contribution < -0.4 is 0 Å². The monoisotopic (exact) mass is 414 g/mol. The molecule has 2 aromatic rings. The van der Waals surface area contributed by atoms with Gasteiger partial charge in [0.25, 0.3) is 0 Å². The van der Waals surface area contributed by atoms with Crippen molar-refractivity contribution in [2.24, 2.45) is 0 Å². The summed E-state index contributed by atoms with van der Waals surface area (Å²) >= 11 is 0. The molecule has 0 saturated heterocycles. The highest BCUT2D eigenvalue weighted by molar-refractivity contribution is 5.14. The van der Waals surface area contributed by atoms with Crippen molar-refractivity contribution in [3.05, 3.63) is 71.8 Å². The number of rotatable bonds is 19. The maximum absolute atomic E-state index is 5.68. The molecule has 0 fully saturated rings. The van der Waals surface area contributed by atoms with E-state index in [1.54, 1.807) is 0 Å². The largest absolute Gasteiger partial charge is 0.379 e. The van der Waals surface area contributed by atoms with Crippen LogP contribution in [0.5, 0.6) is 0 Å². The van der Waals surface area contributed by atoms with Gasteiger partial charge in [0, 0.05) is 26.4 Å². The Bertz CT molecular complexity index is 547. The van der Waals surface area contributed by atoms with E-state index in [9.17, 15) is 0 Å². The number of hydrogen-bond donors (Lipinski definition) is 0. The average molecular weight is 415 g/mol. The standard InChI is InChI=1S/C26H38O4/c1-5-13-25(14-6-1)23-29-19-11-3-9-17-27-21-22-28-18-10-4-12-20-30-24-26-15-7-2-8-16-26/h1-2,5-8,13-16H,3-4,9-12,17-24H2. The summed E-state index contributed by atoms with van der Waals surface area (Å²) in [7, 11) is 0. The van der Waals surface area contributed by atoms with Crippen molar-refractivity contribution in [2.45, 2.75) is 51.7 Å². The molecule has 0 aliphatic heterocycles. The summed E-state index contributed by atoms with van der Waals surface area (Å²) in [6.07, 6.45) is 6.61. The van der Waals surface area contributed by atoms with E-state index in [2.05, 4.69) is 24.3 Å². The maximum atomic E-state index is 5.68. The summed E-state index contributed by atoms with van der Waals surface area (Å²) < 4.78 is 22.6. The SMILES string of the molecule is c1ccc(COCCCCCOCCOCCCCCOCc2ccccc2)cc1. The summed E-state index contributed by atoms with van der Waals surface area (Å²) in [6.45, 7) is 6.02. The van der Waals surface area contributed by atoms with E-state index >= 15 is 0 Å². The minimum absolute atomic E-state index is 0.685. The number of hydrogen-bond acceptors (Lipinski definition) is 4. The van der Waals surface area contributed by atoms with Crippen LogP contribution in [0, 0.1) is 0 Å². The Balaban J connectivity index is 1.23. The zero-order valence-electron chi connectivity index (χ0n) is 18.3. The molecule has 0 unspecified atom stereocenters. The van der Waals surface area contributed by atoms with Crippen molar-refractivity contribution in [3.8, 4) is 0 Å². The molecule has 166 valence electrons. The number of benzene rings is 2. The zero-order valence-corrected chi connectivity index (χ0v) is 18.3. The highest BCUT2D eigenvalue weighted by atomic mass is 16.5. The molecule has 0 aromatic heterocycles. The highest BCUT2D eigenvalue weighted by Gasteiger charge is 1.96. The fourth-order valence-electron chi connectivity index (χ4n) is 3.02. The van der Waals surface area contributed by atoms with Crippen molar-refractivity contribution >= 4 is 0 Å². The van der Waals surface area contributed by atoms with Gasteiger partial charge in [-0.3, -0.25) is 0 Å².